The van der Waals surface area contributed by atoms with Gasteiger partial charge in [-0.25, -0.2) is 0 Å². The molecule has 4 rings (SSSR count). The summed E-state index contributed by atoms with van der Waals surface area (Å²) in [4.78, 5) is 14.1. The number of hydrogen-bond donors (Lipinski definition) is 1. The Bertz CT molecular complexity index is 1320. The molecule has 0 spiro atoms. The van der Waals surface area contributed by atoms with Crippen LogP contribution in [0.4, 0.5) is 5.69 Å². The second-order valence-electron chi connectivity index (χ2n) is 10.4. The molecule has 1 N–H and O–H groups in total. The number of β-lactam (4-membered cyclic amide) rings is 1. The van der Waals surface area contributed by atoms with Crippen molar-refractivity contribution in [1.82, 2.24) is 0 Å². The van der Waals surface area contributed by atoms with Gasteiger partial charge in [0.1, 0.15) is 0 Å². The molecule has 3 nitrogen and oxygen atoms in total. The average molecular weight is 548 g/mol. The summed E-state index contributed by atoms with van der Waals surface area (Å²) in [6.45, 7) is 22.0. The van der Waals surface area contributed by atoms with E-state index < -0.39 is 0 Å². The largest absolute Gasteiger partial charge is 0.388 e. The van der Waals surface area contributed by atoms with E-state index in [0.29, 0.717) is 12.3 Å². The van der Waals surface area contributed by atoms with Gasteiger partial charge in [0, 0.05) is 17.7 Å². The number of amides is 1. The van der Waals surface area contributed by atoms with Crippen molar-refractivity contribution in [2.24, 2.45) is 5.92 Å². The fourth-order valence-corrected chi connectivity index (χ4v) is 4.26. The Balaban J connectivity index is 0.000000378. The summed E-state index contributed by atoms with van der Waals surface area (Å²) in [5, 5.41) is 9.42. The van der Waals surface area contributed by atoms with Crippen molar-refractivity contribution in [2.75, 3.05) is 4.90 Å². The number of hydrogen-bond acceptors (Lipinski definition) is 2. The topological polar surface area (TPSA) is 40.5 Å². The maximum atomic E-state index is 12.2. The molecule has 0 aliphatic carbocycles. The summed E-state index contributed by atoms with van der Waals surface area (Å²) in [5.74, 6) is 7.04. The maximum Gasteiger partial charge on any atom is 0.230 e. The lowest BCUT2D eigenvalue weighted by molar-refractivity contribution is -0.124. The first kappa shape index (κ1) is 33.1. The van der Waals surface area contributed by atoms with E-state index in [1.165, 1.54) is 11.1 Å². The van der Waals surface area contributed by atoms with Crippen molar-refractivity contribution in [3.8, 4) is 11.8 Å². The highest BCUT2D eigenvalue weighted by Crippen LogP contribution is 2.38. The molecule has 41 heavy (non-hydrogen) atoms. The number of anilines is 1. The molecule has 0 aromatic heterocycles. The van der Waals surface area contributed by atoms with Gasteiger partial charge >= 0.3 is 0 Å². The summed E-state index contributed by atoms with van der Waals surface area (Å²) in [6.07, 6.45) is 4.58. The van der Waals surface area contributed by atoms with Gasteiger partial charge in [-0.05, 0) is 73.6 Å². The standard InChI is InChI=1S/C26H27NO.C10H14O.C2H4/c1-5-7-21-12-16-24(17-13-21)27-25(18-26(27)28)23-14-10-22(11-15-23)9-6-8-20(4)19(2)3;1-3-10(11)9-6-4-8(2)5-7-9;1-2/h5,10-17,20,25H,1-2,7-8,18H2,3-4H3;4-7,10-11H,3H2,1-2H3;1-2H2. The van der Waals surface area contributed by atoms with E-state index in [-0.39, 0.29) is 18.1 Å². The average Bonchev–Trinajstić information content (AvgIpc) is 2.98. The molecule has 3 atom stereocenters. The molecule has 1 heterocycles. The number of carbonyl (C=O) groups excluding carboxylic acids is 1. The van der Waals surface area contributed by atoms with Crippen molar-refractivity contribution in [2.45, 2.75) is 65.5 Å². The second-order valence-corrected chi connectivity index (χ2v) is 10.4. The molecule has 214 valence electrons. The van der Waals surface area contributed by atoms with Gasteiger partial charge in [-0.15, -0.1) is 19.7 Å². The van der Waals surface area contributed by atoms with Crippen LogP contribution in [-0.4, -0.2) is 11.0 Å². The van der Waals surface area contributed by atoms with Crippen LogP contribution in [-0.2, 0) is 11.2 Å². The van der Waals surface area contributed by atoms with Gasteiger partial charge in [-0.1, -0.05) is 98.0 Å². The smallest absolute Gasteiger partial charge is 0.230 e. The molecule has 3 aromatic carbocycles. The molecule has 1 aliphatic rings. The fraction of sp³-hybridized carbons (Fsp3) is 0.289. The third-order valence-electron chi connectivity index (χ3n) is 7.17. The van der Waals surface area contributed by atoms with Crippen LogP contribution in [0.5, 0.6) is 0 Å². The van der Waals surface area contributed by atoms with Gasteiger partial charge in [0.15, 0.2) is 0 Å². The highest BCUT2D eigenvalue weighted by Gasteiger charge is 2.38. The maximum absolute atomic E-state index is 12.2. The van der Waals surface area contributed by atoms with Crippen molar-refractivity contribution in [1.29, 1.82) is 0 Å². The Morgan fingerprint density at radius 1 is 1.05 bits per heavy atom. The Kier molecular flexibility index (Phi) is 13.6. The molecule has 1 amide bonds. The number of rotatable bonds is 8. The van der Waals surface area contributed by atoms with Crippen LogP contribution in [0, 0.1) is 24.7 Å². The van der Waals surface area contributed by atoms with Crippen LogP contribution < -0.4 is 4.90 Å². The molecule has 3 unspecified atom stereocenters. The molecule has 1 saturated heterocycles. The lowest BCUT2D eigenvalue weighted by Crippen LogP contribution is -2.46. The van der Waals surface area contributed by atoms with Crippen LogP contribution in [0.25, 0.3) is 0 Å². The summed E-state index contributed by atoms with van der Waals surface area (Å²) in [6, 6.07) is 24.5. The Hall–Kier alpha value is -4.13. The SMILES string of the molecule is C=C.C=CCc1ccc(N2C(=O)CC2c2ccc(C#CCC(C)C(=C)C)cc2)cc1.CCC(O)c1ccc(C)cc1. The van der Waals surface area contributed by atoms with E-state index in [4.69, 9.17) is 0 Å². The molecule has 1 aliphatic heterocycles. The summed E-state index contributed by atoms with van der Waals surface area (Å²) in [7, 11) is 0. The normalized spacial score (nSPS) is 14.9. The number of aryl methyl sites for hydroxylation is 1. The summed E-state index contributed by atoms with van der Waals surface area (Å²) >= 11 is 0. The molecule has 0 bridgehead atoms. The van der Waals surface area contributed by atoms with Crippen LogP contribution in [0.1, 0.15) is 80.0 Å². The van der Waals surface area contributed by atoms with Gasteiger partial charge in [-0.3, -0.25) is 4.79 Å². The summed E-state index contributed by atoms with van der Waals surface area (Å²) in [5.41, 5.74) is 7.71. The van der Waals surface area contributed by atoms with Gasteiger partial charge in [0.2, 0.25) is 5.91 Å². The zero-order valence-electron chi connectivity index (χ0n) is 25.2. The van der Waals surface area contributed by atoms with Gasteiger partial charge in [0.25, 0.3) is 0 Å². The molecule has 1 fully saturated rings. The number of carbonyl (C=O) groups is 1. The van der Waals surface area contributed by atoms with Gasteiger partial charge in [0.05, 0.1) is 18.6 Å². The first-order chi connectivity index (χ1) is 19.7. The predicted molar refractivity (Wildman–Crippen MR) is 175 cm³/mol. The van der Waals surface area contributed by atoms with E-state index in [2.05, 4.69) is 69.3 Å². The molecular formula is C38H45NO2. The van der Waals surface area contributed by atoms with Crippen LogP contribution >= 0.6 is 0 Å². The number of nitrogens with zero attached hydrogens (tertiary/aromatic N) is 1. The minimum Gasteiger partial charge on any atom is -0.388 e. The number of aliphatic hydroxyl groups excluding tert-OH is 1. The Morgan fingerprint density at radius 3 is 2.17 bits per heavy atom. The van der Waals surface area contributed by atoms with E-state index in [1.807, 2.05) is 80.3 Å². The number of aliphatic hydroxyl groups is 1. The highest BCUT2D eigenvalue weighted by molar-refractivity contribution is 6.01. The lowest BCUT2D eigenvalue weighted by Gasteiger charge is -2.41. The molecule has 3 heteroatoms. The van der Waals surface area contributed by atoms with Crippen LogP contribution in [0.2, 0.25) is 0 Å². The first-order valence-corrected chi connectivity index (χ1v) is 14.2. The molecular weight excluding hydrogens is 502 g/mol. The van der Waals surface area contributed by atoms with Gasteiger partial charge in [-0.2, -0.15) is 0 Å². The van der Waals surface area contributed by atoms with E-state index in [0.717, 1.165) is 47.2 Å². The predicted octanol–water partition coefficient (Wildman–Crippen LogP) is 9.09. The Labute approximate surface area is 247 Å². The quantitative estimate of drug-likeness (QED) is 0.174. The van der Waals surface area contributed by atoms with Crippen molar-refractivity contribution in [3.05, 3.63) is 139 Å². The van der Waals surface area contributed by atoms with Crippen molar-refractivity contribution >= 4 is 11.6 Å². The molecule has 0 radical (unpaired) electrons. The minimum atomic E-state index is -0.296. The Morgan fingerprint density at radius 2 is 1.66 bits per heavy atom. The number of allylic oxidation sites excluding steroid dienone is 2. The molecule has 3 aromatic rings. The lowest BCUT2D eigenvalue weighted by atomic mass is 9.92. The van der Waals surface area contributed by atoms with E-state index in [1.54, 1.807) is 0 Å². The minimum absolute atomic E-state index is 0.100. The monoisotopic (exact) mass is 547 g/mol. The van der Waals surface area contributed by atoms with Crippen LogP contribution in [0.15, 0.2) is 111 Å². The van der Waals surface area contributed by atoms with Crippen LogP contribution in [0.3, 0.4) is 0 Å². The van der Waals surface area contributed by atoms with Gasteiger partial charge < -0.3 is 10.0 Å². The first-order valence-electron chi connectivity index (χ1n) is 14.2. The second kappa shape index (κ2) is 16.9. The fourth-order valence-electron chi connectivity index (χ4n) is 4.26. The number of benzene rings is 3. The third-order valence-corrected chi connectivity index (χ3v) is 7.17. The highest BCUT2D eigenvalue weighted by atomic mass is 16.3. The summed E-state index contributed by atoms with van der Waals surface area (Å²) < 4.78 is 0. The third kappa shape index (κ3) is 9.78. The van der Waals surface area contributed by atoms with E-state index in [9.17, 15) is 9.90 Å². The van der Waals surface area contributed by atoms with E-state index >= 15 is 0 Å². The van der Waals surface area contributed by atoms with Crippen molar-refractivity contribution < 1.29 is 9.90 Å². The van der Waals surface area contributed by atoms with Crippen molar-refractivity contribution in [3.63, 3.8) is 0 Å². The molecule has 0 saturated carbocycles. The zero-order valence-corrected chi connectivity index (χ0v) is 25.2. The zero-order chi connectivity index (χ0) is 30.4.